The number of nitrogens with zero attached hydrogens (tertiary/aromatic N) is 1. The first-order valence-electron chi connectivity index (χ1n) is 9.14. The third kappa shape index (κ3) is 7.58. The quantitative estimate of drug-likeness (QED) is 0.245. The lowest BCUT2D eigenvalue weighted by molar-refractivity contribution is 0.284. The monoisotopic (exact) mass is 523 g/mol. The van der Waals surface area contributed by atoms with E-state index in [-0.39, 0.29) is 24.0 Å². The Morgan fingerprint density at radius 1 is 1.03 bits per heavy atom. The highest BCUT2D eigenvalue weighted by Crippen LogP contribution is 2.29. The molecule has 7 heteroatoms. The number of ether oxygens (including phenoxy) is 2. The predicted molar refractivity (Wildman–Crippen MR) is 131 cm³/mol. The molecule has 3 N–H and O–H groups in total. The summed E-state index contributed by atoms with van der Waals surface area (Å²) in [6.07, 6.45) is 0.940. The number of methoxy groups -OCH3 is 1. The zero-order chi connectivity index (χ0) is 19.6. The Morgan fingerprint density at radius 2 is 1.86 bits per heavy atom. The van der Waals surface area contributed by atoms with Crippen molar-refractivity contribution in [1.29, 1.82) is 0 Å². The van der Waals surface area contributed by atoms with Crippen LogP contribution in [0.3, 0.4) is 0 Å². The van der Waals surface area contributed by atoms with Crippen molar-refractivity contribution >= 4 is 41.3 Å². The summed E-state index contributed by atoms with van der Waals surface area (Å²) in [5.74, 6) is 1.84. The molecule has 154 valence electrons. The van der Waals surface area contributed by atoms with Crippen molar-refractivity contribution in [3.63, 3.8) is 0 Å². The van der Waals surface area contributed by atoms with E-state index in [9.17, 15) is 0 Å². The van der Waals surface area contributed by atoms with Crippen molar-refractivity contribution < 1.29 is 9.47 Å². The topological polar surface area (TPSA) is 68.9 Å². The number of nitrogens with two attached hydrogens (primary N) is 1. The number of nitrogens with one attached hydrogen (secondary N) is 1. The van der Waals surface area contributed by atoms with E-state index in [1.807, 2.05) is 48.5 Å². The van der Waals surface area contributed by atoms with Gasteiger partial charge in [0.05, 0.1) is 13.7 Å². The molecule has 0 amide bonds. The third-order valence-corrected chi connectivity index (χ3v) is 5.09. The van der Waals surface area contributed by atoms with Crippen LogP contribution in [0.1, 0.15) is 16.0 Å². The van der Waals surface area contributed by atoms with E-state index in [2.05, 4.69) is 27.8 Å². The minimum Gasteiger partial charge on any atom is -0.493 e. The van der Waals surface area contributed by atoms with Crippen LogP contribution >= 0.6 is 35.3 Å². The molecule has 2 aromatic carbocycles. The minimum atomic E-state index is 0. The molecule has 29 heavy (non-hydrogen) atoms. The van der Waals surface area contributed by atoms with Gasteiger partial charge in [0.15, 0.2) is 17.5 Å². The number of aliphatic imine (C=N–C) groups is 1. The van der Waals surface area contributed by atoms with Gasteiger partial charge in [-0.1, -0.05) is 42.5 Å². The minimum absolute atomic E-state index is 0. The van der Waals surface area contributed by atoms with Crippen molar-refractivity contribution in [1.82, 2.24) is 5.32 Å². The van der Waals surface area contributed by atoms with E-state index in [0.717, 1.165) is 24.1 Å². The number of halogens is 1. The van der Waals surface area contributed by atoms with Crippen LogP contribution < -0.4 is 20.5 Å². The molecule has 3 aromatic rings. The summed E-state index contributed by atoms with van der Waals surface area (Å²) < 4.78 is 11.4. The molecule has 0 aliphatic rings. The molecule has 0 atom stereocenters. The van der Waals surface area contributed by atoms with E-state index in [1.165, 1.54) is 4.88 Å². The van der Waals surface area contributed by atoms with Crippen LogP contribution in [-0.2, 0) is 19.6 Å². The number of rotatable bonds is 9. The van der Waals surface area contributed by atoms with Gasteiger partial charge in [-0.15, -0.1) is 35.3 Å². The van der Waals surface area contributed by atoms with Crippen LogP contribution in [0.5, 0.6) is 11.5 Å². The second kappa shape index (κ2) is 12.3. The van der Waals surface area contributed by atoms with E-state index >= 15 is 0 Å². The summed E-state index contributed by atoms with van der Waals surface area (Å²) >= 11 is 1.75. The highest BCUT2D eigenvalue weighted by Gasteiger charge is 2.06. The van der Waals surface area contributed by atoms with E-state index < -0.39 is 0 Å². The molecule has 1 heterocycles. The lowest BCUT2D eigenvalue weighted by Crippen LogP contribution is -2.33. The van der Waals surface area contributed by atoms with Gasteiger partial charge in [-0.25, -0.2) is 4.99 Å². The fourth-order valence-electron chi connectivity index (χ4n) is 2.67. The van der Waals surface area contributed by atoms with Gasteiger partial charge in [0.2, 0.25) is 0 Å². The molecule has 0 bridgehead atoms. The van der Waals surface area contributed by atoms with Crippen LogP contribution in [0.4, 0.5) is 0 Å². The molecule has 1 aromatic heterocycles. The van der Waals surface area contributed by atoms with Crippen LogP contribution in [0.15, 0.2) is 71.0 Å². The Morgan fingerprint density at radius 3 is 2.59 bits per heavy atom. The number of guanidine groups is 1. The number of thiophene rings is 1. The molecule has 0 saturated carbocycles. The van der Waals surface area contributed by atoms with E-state index in [0.29, 0.717) is 30.6 Å². The summed E-state index contributed by atoms with van der Waals surface area (Å²) in [7, 11) is 1.64. The molecule has 0 spiro atoms. The number of hydrogen-bond donors (Lipinski definition) is 2. The Balaban J connectivity index is 0.00000300. The standard InChI is InChI=1S/C22H25N3O2S.HI/c1-26-21-14-18(9-10-20(21)27-16-17-6-3-2-4-7-17)15-25-22(23)24-12-11-19-8-5-13-28-19;/h2-10,13-14H,11-12,15-16H2,1H3,(H3,23,24,25);1H. The molecule has 0 fully saturated rings. The Hall–Kier alpha value is -2.26. The van der Waals surface area contributed by atoms with Crippen molar-refractivity contribution in [2.75, 3.05) is 13.7 Å². The Labute approximate surface area is 193 Å². The number of hydrogen-bond acceptors (Lipinski definition) is 4. The maximum atomic E-state index is 5.96. The van der Waals surface area contributed by atoms with Gasteiger partial charge in [-0.05, 0) is 41.1 Å². The molecular weight excluding hydrogens is 497 g/mol. The smallest absolute Gasteiger partial charge is 0.188 e. The maximum absolute atomic E-state index is 5.96. The fraction of sp³-hybridized carbons (Fsp3) is 0.227. The zero-order valence-electron chi connectivity index (χ0n) is 16.3. The number of benzene rings is 2. The van der Waals surface area contributed by atoms with Gasteiger partial charge in [-0.3, -0.25) is 0 Å². The zero-order valence-corrected chi connectivity index (χ0v) is 19.5. The predicted octanol–water partition coefficient (Wildman–Crippen LogP) is 4.60. The Kier molecular flexibility index (Phi) is 9.79. The van der Waals surface area contributed by atoms with Gasteiger partial charge in [0.1, 0.15) is 6.61 Å². The van der Waals surface area contributed by atoms with Crippen molar-refractivity contribution in [2.45, 2.75) is 19.6 Å². The highest BCUT2D eigenvalue weighted by molar-refractivity contribution is 14.0. The summed E-state index contributed by atoms with van der Waals surface area (Å²) in [6.45, 7) is 1.74. The lowest BCUT2D eigenvalue weighted by Gasteiger charge is -2.12. The second-order valence-electron chi connectivity index (χ2n) is 6.22. The Bertz CT molecular complexity index is 886. The largest absolute Gasteiger partial charge is 0.493 e. The second-order valence-corrected chi connectivity index (χ2v) is 7.25. The van der Waals surface area contributed by atoms with E-state index in [4.69, 9.17) is 15.2 Å². The van der Waals surface area contributed by atoms with Gasteiger partial charge in [0.25, 0.3) is 0 Å². The van der Waals surface area contributed by atoms with Gasteiger partial charge in [0, 0.05) is 11.4 Å². The third-order valence-electron chi connectivity index (χ3n) is 4.15. The van der Waals surface area contributed by atoms with Crippen molar-refractivity contribution in [3.05, 3.63) is 82.0 Å². The van der Waals surface area contributed by atoms with Crippen molar-refractivity contribution in [2.24, 2.45) is 10.7 Å². The molecular formula is C22H26IN3O2S. The van der Waals surface area contributed by atoms with Gasteiger partial charge < -0.3 is 20.5 Å². The maximum Gasteiger partial charge on any atom is 0.188 e. The summed E-state index contributed by atoms with van der Waals surface area (Å²) in [6, 6.07) is 20.0. The van der Waals surface area contributed by atoms with Gasteiger partial charge in [-0.2, -0.15) is 0 Å². The van der Waals surface area contributed by atoms with E-state index in [1.54, 1.807) is 18.4 Å². The van der Waals surface area contributed by atoms with Crippen molar-refractivity contribution in [3.8, 4) is 11.5 Å². The molecule has 0 aliphatic heterocycles. The summed E-state index contributed by atoms with van der Waals surface area (Å²) in [5.41, 5.74) is 8.08. The van der Waals surface area contributed by atoms with Crippen LogP contribution in [0, 0.1) is 0 Å². The summed E-state index contributed by atoms with van der Waals surface area (Å²) in [5, 5.41) is 5.22. The first-order chi connectivity index (χ1) is 13.7. The normalized spacial score (nSPS) is 10.9. The van der Waals surface area contributed by atoms with Gasteiger partial charge >= 0.3 is 0 Å². The average molecular weight is 523 g/mol. The first kappa shape index (κ1) is 23.0. The molecule has 0 radical (unpaired) electrons. The van der Waals surface area contributed by atoms with Crippen LogP contribution in [-0.4, -0.2) is 19.6 Å². The SMILES string of the molecule is COc1cc(CN=C(N)NCCc2cccs2)ccc1OCc1ccccc1.I. The van der Waals surface area contributed by atoms with Crippen LogP contribution in [0.25, 0.3) is 0 Å². The molecule has 0 saturated heterocycles. The first-order valence-corrected chi connectivity index (χ1v) is 10.0. The highest BCUT2D eigenvalue weighted by atomic mass is 127. The molecule has 0 unspecified atom stereocenters. The molecule has 3 rings (SSSR count). The molecule has 0 aliphatic carbocycles. The fourth-order valence-corrected chi connectivity index (χ4v) is 3.37. The summed E-state index contributed by atoms with van der Waals surface area (Å²) in [4.78, 5) is 5.73. The average Bonchev–Trinajstić information content (AvgIpc) is 3.25. The molecule has 5 nitrogen and oxygen atoms in total. The lowest BCUT2D eigenvalue weighted by atomic mass is 10.2. The van der Waals surface area contributed by atoms with Crippen LogP contribution in [0.2, 0.25) is 0 Å².